The van der Waals surface area contributed by atoms with E-state index in [4.69, 9.17) is 32.7 Å². The van der Waals surface area contributed by atoms with Gasteiger partial charge in [-0.25, -0.2) is 8.42 Å². The van der Waals surface area contributed by atoms with Crippen molar-refractivity contribution >= 4 is 44.8 Å². The normalized spacial score (nSPS) is 18.2. The molecule has 1 atom stereocenters. The average molecular weight is 501 g/mol. The molecule has 2 aliphatic rings. The maximum absolute atomic E-state index is 13.1. The van der Waals surface area contributed by atoms with Crippen LogP contribution in [0.15, 0.2) is 41.3 Å². The fourth-order valence-electron chi connectivity index (χ4n) is 3.84. The third kappa shape index (κ3) is 4.97. The number of rotatable bonds is 5. The molecule has 0 spiro atoms. The number of carbonyl (C=O) groups excluding carboxylic acids is 1. The van der Waals surface area contributed by atoms with Crippen LogP contribution in [0.5, 0.6) is 11.5 Å². The minimum absolute atomic E-state index is 0.175. The summed E-state index contributed by atoms with van der Waals surface area (Å²) in [7, 11) is -3.67. The van der Waals surface area contributed by atoms with Crippen molar-refractivity contribution in [3.8, 4) is 11.5 Å². The quantitative estimate of drug-likeness (QED) is 0.651. The number of nitrogens with one attached hydrogen (secondary N) is 2. The number of ether oxygens (including phenoxy) is 2. The number of fused-ring (bicyclic) bond motifs is 1. The van der Waals surface area contributed by atoms with Gasteiger partial charge in [0.15, 0.2) is 17.5 Å². The zero-order chi connectivity index (χ0) is 22.9. The van der Waals surface area contributed by atoms with Crippen molar-refractivity contribution in [2.24, 2.45) is 0 Å². The number of halogens is 2. The summed E-state index contributed by atoms with van der Waals surface area (Å²) in [5.74, 6) is 0.805. The van der Waals surface area contributed by atoms with Gasteiger partial charge in [0.1, 0.15) is 13.2 Å². The number of quaternary nitrogens is 1. The van der Waals surface area contributed by atoms with Gasteiger partial charge in [-0.05, 0) is 37.3 Å². The van der Waals surface area contributed by atoms with Gasteiger partial charge < -0.3 is 19.7 Å². The number of piperazine rings is 1. The van der Waals surface area contributed by atoms with E-state index < -0.39 is 10.0 Å². The van der Waals surface area contributed by atoms with Crippen LogP contribution in [0.3, 0.4) is 0 Å². The number of hydrogen-bond donors (Lipinski definition) is 2. The van der Waals surface area contributed by atoms with E-state index in [1.165, 1.54) is 16.4 Å². The summed E-state index contributed by atoms with van der Waals surface area (Å²) >= 11 is 12.0. The molecule has 0 bridgehead atoms. The molecule has 172 valence electrons. The number of nitrogens with zero attached hydrogens (tertiary/aromatic N) is 1. The minimum Gasteiger partial charge on any atom is -0.486 e. The topological polar surface area (TPSA) is 89.4 Å². The van der Waals surface area contributed by atoms with Gasteiger partial charge in [0.05, 0.1) is 31.1 Å². The summed E-state index contributed by atoms with van der Waals surface area (Å²) in [5.41, 5.74) is 0.526. The van der Waals surface area contributed by atoms with E-state index in [0.29, 0.717) is 66.6 Å². The van der Waals surface area contributed by atoms with E-state index >= 15 is 0 Å². The lowest BCUT2D eigenvalue weighted by molar-refractivity contribution is -0.917. The maximum Gasteiger partial charge on any atom is 0.282 e. The van der Waals surface area contributed by atoms with Gasteiger partial charge in [-0.1, -0.05) is 23.2 Å². The summed E-state index contributed by atoms with van der Waals surface area (Å²) in [6, 6.07) is 9.15. The first-order valence-corrected chi connectivity index (χ1v) is 12.4. The van der Waals surface area contributed by atoms with Crippen molar-refractivity contribution in [3.05, 3.63) is 46.4 Å². The molecule has 4 rings (SSSR count). The van der Waals surface area contributed by atoms with E-state index in [9.17, 15) is 13.2 Å². The molecule has 2 heterocycles. The molecule has 32 heavy (non-hydrogen) atoms. The van der Waals surface area contributed by atoms with Crippen molar-refractivity contribution in [2.45, 2.75) is 17.9 Å². The zero-order valence-corrected chi connectivity index (χ0v) is 19.8. The van der Waals surface area contributed by atoms with Crippen LogP contribution in [-0.4, -0.2) is 64.1 Å². The van der Waals surface area contributed by atoms with Crippen molar-refractivity contribution in [2.75, 3.05) is 44.7 Å². The number of amides is 1. The molecule has 2 aromatic carbocycles. The smallest absolute Gasteiger partial charge is 0.282 e. The number of hydrogen-bond acceptors (Lipinski definition) is 5. The molecule has 1 fully saturated rings. The molecule has 2 N–H and O–H groups in total. The summed E-state index contributed by atoms with van der Waals surface area (Å²) in [6.45, 7) is 4.30. The highest BCUT2D eigenvalue weighted by molar-refractivity contribution is 7.89. The molecule has 2 aliphatic heterocycles. The Bertz CT molecular complexity index is 1100. The first-order chi connectivity index (χ1) is 15.2. The highest BCUT2D eigenvalue weighted by atomic mass is 35.5. The predicted molar refractivity (Wildman–Crippen MR) is 121 cm³/mol. The molecule has 0 saturated carbocycles. The Morgan fingerprint density at radius 3 is 2.31 bits per heavy atom. The Balaban J connectivity index is 1.38. The molecule has 0 aliphatic carbocycles. The second-order valence-electron chi connectivity index (χ2n) is 7.74. The molecule has 1 saturated heterocycles. The monoisotopic (exact) mass is 500 g/mol. The van der Waals surface area contributed by atoms with E-state index in [1.54, 1.807) is 24.3 Å². The van der Waals surface area contributed by atoms with Crippen molar-refractivity contribution < 1.29 is 27.6 Å². The van der Waals surface area contributed by atoms with E-state index in [1.807, 2.05) is 6.92 Å². The predicted octanol–water partition coefficient (Wildman–Crippen LogP) is 1.68. The standard InChI is InChI=1S/C21H23Cl2N3O5S/c1-14(21(27)24-17-11-15(22)10-16(23)12-17)25-4-6-26(7-5-25)32(28,29)18-2-3-19-20(13-18)31-9-8-30-19/h2-3,10-14H,4-9H2,1H3,(H,24,27)/p+1/t14-/m0/s1. The van der Waals surface area contributed by atoms with Crippen LogP contribution in [0.1, 0.15) is 6.92 Å². The van der Waals surface area contributed by atoms with Gasteiger partial charge in [0.25, 0.3) is 5.91 Å². The van der Waals surface area contributed by atoms with Gasteiger partial charge in [-0.3, -0.25) is 4.79 Å². The summed E-state index contributed by atoms with van der Waals surface area (Å²) < 4.78 is 38.6. The molecule has 0 radical (unpaired) electrons. The van der Waals surface area contributed by atoms with Crippen LogP contribution in [0.4, 0.5) is 5.69 Å². The summed E-state index contributed by atoms with van der Waals surface area (Å²) in [4.78, 5) is 13.9. The van der Waals surface area contributed by atoms with E-state index in [-0.39, 0.29) is 16.8 Å². The first kappa shape index (κ1) is 23.1. The third-order valence-electron chi connectivity index (χ3n) is 5.65. The first-order valence-electron chi connectivity index (χ1n) is 10.3. The van der Waals surface area contributed by atoms with Crippen LogP contribution in [-0.2, 0) is 14.8 Å². The van der Waals surface area contributed by atoms with E-state index in [2.05, 4.69) is 5.32 Å². The summed E-state index contributed by atoms with van der Waals surface area (Å²) in [5, 5.41) is 3.70. The van der Waals surface area contributed by atoms with Gasteiger partial charge in [0.2, 0.25) is 10.0 Å². The Morgan fingerprint density at radius 1 is 1.03 bits per heavy atom. The second-order valence-corrected chi connectivity index (χ2v) is 10.5. The van der Waals surface area contributed by atoms with Crippen molar-refractivity contribution in [1.29, 1.82) is 0 Å². The van der Waals surface area contributed by atoms with Gasteiger partial charge in [-0.2, -0.15) is 4.31 Å². The maximum atomic E-state index is 13.1. The number of benzene rings is 2. The molecule has 0 unspecified atom stereocenters. The lowest BCUT2D eigenvalue weighted by Gasteiger charge is -2.34. The fourth-order valence-corrected chi connectivity index (χ4v) is 5.83. The minimum atomic E-state index is -3.67. The molecule has 0 aromatic heterocycles. The molecule has 2 aromatic rings. The number of sulfonamides is 1. The Labute approximate surface area is 197 Å². The Morgan fingerprint density at radius 2 is 1.66 bits per heavy atom. The zero-order valence-electron chi connectivity index (χ0n) is 17.4. The lowest BCUT2D eigenvalue weighted by atomic mass is 10.2. The number of carbonyl (C=O) groups is 1. The van der Waals surface area contributed by atoms with Gasteiger partial charge in [0, 0.05) is 21.8 Å². The van der Waals surface area contributed by atoms with Crippen LogP contribution in [0.2, 0.25) is 10.0 Å². The van der Waals surface area contributed by atoms with Crippen LogP contribution >= 0.6 is 23.2 Å². The van der Waals surface area contributed by atoms with Crippen LogP contribution in [0.25, 0.3) is 0 Å². The van der Waals surface area contributed by atoms with Gasteiger partial charge >= 0.3 is 0 Å². The Kier molecular flexibility index (Phi) is 6.83. The second kappa shape index (κ2) is 9.44. The Hall–Kier alpha value is -2.04. The van der Waals surface area contributed by atoms with E-state index in [0.717, 1.165) is 4.90 Å². The molecule has 11 heteroatoms. The van der Waals surface area contributed by atoms with Crippen LogP contribution < -0.4 is 19.7 Å². The van der Waals surface area contributed by atoms with Gasteiger partial charge in [-0.15, -0.1) is 0 Å². The van der Waals surface area contributed by atoms with Crippen LogP contribution in [0, 0.1) is 0 Å². The molecular formula is C21H24Cl2N3O5S+. The molecule has 1 amide bonds. The third-order valence-corrected chi connectivity index (χ3v) is 7.98. The highest BCUT2D eigenvalue weighted by Crippen LogP contribution is 2.33. The highest BCUT2D eigenvalue weighted by Gasteiger charge is 2.35. The largest absolute Gasteiger partial charge is 0.486 e. The van der Waals surface area contributed by atoms with Crippen molar-refractivity contribution in [1.82, 2.24) is 4.31 Å². The fraction of sp³-hybridized carbons (Fsp3) is 0.381. The number of anilines is 1. The lowest BCUT2D eigenvalue weighted by Crippen LogP contribution is -3.19. The van der Waals surface area contributed by atoms with Crippen molar-refractivity contribution in [3.63, 3.8) is 0 Å². The molecular weight excluding hydrogens is 477 g/mol. The SMILES string of the molecule is C[C@@H](C(=O)Nc1cc(Cl)cc(Cl)c1)[NH+]1CCN(S(=O)(=O)c2ccc3c(c2)OCCO3)CC1. The molecule has 8 nitrogen and oxygen atoms in total. The summed E-state index contributed by atoms with van der Waals surface area (Å²) in [6.07, 6.45) is 0. The average Bonchev–Trinajstić information content (AvgIpc) is 2.77.